The molecule has 0 fully saturated rings. The van der Waals surface area contributed by atoms with E-state index >= 15 is 0 Å². The van der Waals surface area contributed by atoms with Gasteiger partial charge in [0, 0.05) is 11.3 Å². The van der Waals surface area contributed by atoms with Gasteiger partial charge in [-0.25, -0.2) is 8.78 Å². The van der Waals surface area contributed by atoms with Gasteiger partial charge in [0.2, 0.25) is 0 Å². The molecular weight excluding hydrogens is 267 g/mol. The summed E-state index contributed by atoms with van der Waals surface area (Å²) in [5, 5.41) is 0. The Kier molecular flexibility index (Phi) is 3.51. The molecule has 18 heavy (non-hydrogen) atoms. The van der Waals surface area contributed by atoms with Crippen molar-refractivity contribution in [1.29, 1.82) is 0 Å². The molecule has 1 aromatic rings. The number of nitrogen functional groups attached to an aromatic ring is 1. The van der Waals surface area contributed by atoms with Crippen LogP contribution in [0.3, 0.4) is 0 Å². The minimum Gasteiger partial charge on any atom is -0.399 e. The Morgan fingerprint density at radius 3 is 1.67 bits per heavy atom. The molecule has 0 saturated carbocycles. The van der Waals surface area contributed by atoms with Gasteiger partial charge in [-0.2, -0.15) is 22.0 Å². The van der Waals surface area contributed by atoms with Gasteiger partial charge in [-0.3, -0.25) is 0 Å². The maximum Gasteiger partial charge on any atom is 0.432 e. The van der Waals surface area contributed by atoms with Gasteiger partial charge in [-0.1, -0.05) is 12.1 Å². The van der Waals surface area contributed by atoms with E-state index in [4.69, 9.17) is 5.73 Å². The van der Waals surface area contributed by atoms with Gasteiger partial charge >= 0.3 is 12.1 Å². The van der Waals surface area contributed by atoms with Crippen LogP contribution in [0, 0.1) is 0 Å². The zero-order valence-corrected chi connectivity index (χ0v) is 8.74. The highest BCUT2D eigenvalue weighted by Crippen LogP contribution is 2.52. The van der Waals surface area contributed by atoms with Crippen molar-refractivity contribution in [1.82, 2.24) is 0 Å². The first-order chi connectivity index (χ1) is 8.06. The summed E-state index contributed by atoms with van der Waals surface area (Å²) in [6.45, 7) is -2.77. The number of rotatable bonds is 3. The molecule has 1 aromatic carbocycles. The minimum absolute atomic E-state index is 0.0353. The van der Waals surface area contributed by atoms with E-state index in [1.54, 1.807) is 0 Å². The maximum atomic E-state index is 13.8. The standard InChI is InChI=1S/C10H8F7N/c11-5-8(12,13)9(14,10(15,16)17)6-1-3-7(18)4-2-6/h1-4H,5,18H2. The largest absolute Gasteiger partial charge is 0.432 e. The second kappa shape index (κ2) is 4.33. The van der Waals surface area contributed by atoms with Gasteiger partial charge in [0.15, 0.2) is 6.67 Å². The highest BCUT2D eigenvalue weighted by molar-refractivity contribution is 5.42. The van der Waals surface area contributed by atoms with Crippen LogP contribution >= 0.6 is 0 Å². The molecule has 0 spiro atoms. The highest BCUT2D eigenvalue weighted by Gasteiger charge is 2.72. The van der Waals surface area contributed by atoms with Crippen LogP contribution in [-0.2, 0) is 5.67 Å². The van der Waals surface area contributed by atoms with E-state index in [-0.39, 0.29) is 5.69 Å². The van der Waals surface area contributed by atoms with Crippen LogP contribution in [0.25, 0.3) is 0 Å². The summed E-state index contributed by atoms with van der Waals surface area (Å²) in [6.07, 6.45) is -5.96. The van der Waals surface area contributed by atoms with Crippen LogP contribution in [0.15, 0.2) is 24.3 Å². The van der Waals surface area contributed by atoms with Gasteiger partial charge in [0.25, 0.3) is 5.67 Å². The van der Waals surface area contributed by atoms with Crippen LogP contribution in [0.5, 0.6) is 0 Å². The van der Waals surface area contributed by atoms with Crippen LogP contribution in [0.4, 0.5) is 36.4 Å². The molecule has 102 valence electrons. The monoisotopic (exact) mass is 275 g/mol. The lowest BCUT2D eigenvalue weighted by atomic mass is 9.88. The van der Waals surface area contributed by atoms with Gasteiger partial charge in [0.05, 0.1) is 0 Å². The summed E-state index contributed by atoms with van der Waals surface area (Å²) in [4.78, 5) is 0. The molecule has 0 amide bonds. The van der Waals surface area contributed by atoms with Crippen molar-refractivity contribution in [3.05, 3.63) is 29.8 Å². The smallest absolute Gasteiger partial charge is 0.399 e. The third-order valence-corrected chi connectivity index (χ3v) is 2.37. The summed E-state index contributed by atoms with van der Waals surface area (Å²) in [5.74, 6) is -5.22. The van der Waals surface area contributed by atoms with Gasteiger partial charge < -0.3 is 5.73 Å². The van der Waals surface area contributed by atoms with Gasteiger partial charge in [-0.05, 0) is 12.1 Å². The number of hydrogen-bond acceptors (Lipinski definition) is 1. The molecule has 0 bridgehead atoms. The molecule has 0 aliphatic rings. The number of halogens is 7. The van der Waals surface area contributed by atoms with E-state index in [1.807, 2.05) is 0 Å². The lowest BCUT2D eigenvalue weighted by Crippen LogP contribution is -2.53. The Morgan fingerprint density at radius 1 is 0.889 bits per heavy atom. The van der Waals surface area contributed by atoms with E-state index in [9.17, 15) is 30.7 Å². The summed E-state index contributed by atoms with van der Waals surface area (Å²) in [5.41, 5.74) is -1.37. The fraction of sp³-hybridized carbons (Fsp3) is 0.400. The molecule has 0 heterocycles. The van der Waals surface area contributed by atoms with Crippen molar-refractivity contribution in [2.45, 2.75) is 17.8 Å². The Balaban J connectivity index is 3.44. The first-order valence-corrected chi connectivity index (χ1v) is 4.61. The second-order valence-corrected chi connectivity index (χ2v) is 3.62. The fourth-order valence-electron chi connectivity index (χ4n) is 1.39. The van der Waals surface area contributed by atoms with Crippen LogP contribution in [-0.4, -0.2) is 18.8 Å². The van der Waals surface area contributed by atoms with E-state index in [0.29, 0.717) is 12.1 Å². The third-order valence-electron chi connectivity index (χ3n) is 2.37. The van der Waals surface area contributed by atoms with Crippen molar-refractivity contribution in [2.24, 2.45) is 0 Å². The van der Waals surface area contributed by atoms with E-state index in [1.165, 1.54) is 0 Å². The van der Waals surface area contributed by atoms with Crippen LogP contribution < -0.4 is 5.73 Å². The molecule has 1 atom stereocenters. The number of benzene rings is 1. The lowest BCUT2D eigenvalue weighted by molar-refractivity contribution is -0.312. The van der Waals surface area contributed by atoms with Crippen LogP contribution in [0.1, 0.15) is 5.56 Å². The topological polar surface area (TPSA) is 26.0 Å². The second-order valence-electron chi connectivity index (χ2n) is 3.62. The number of anilines is 1. The SMILES string of the molecule is Nc1ccc(C(F)(C(F)(F)F)C(F)(F)CF)cc1. The Bertz CT molecular complexity index is 411. The molecule has 0 aromatic heterocycles. The Labute approximate surface area is 97.4 Å². The van der Waals surface area contributed by atoms with Gasteiger partial charge in [0.1, 0.15) is 0 Å². The first kappa shape index (κ1) is 14.6. The minimum atomic E-state index is -5.96. The van der Waals surface area contributed by atoms with Crippen molar-refractivity contribution in [3.8, 4) is 0 Å². The summed E-state index contributed by atoms with van der Waals surface area (Å²) >= 11 is 0. The van der Waals surface area contributed by atoms with E-state index < -0.39 is 30.0 Å². The Morgan fingerprint density at radius 2 is 1.33 bits per heavy atom. The average molecular weight is 275 g/mol. The maximum absolute atomic E-state index is 13.8. The number of hydrogen-bond donors (Lipinski definition) is 1. The van der Waals surface area contributed by atoms with Crippen molar-refractivity contribution in [3.63, 3.8) is 0 Å². The third kappa shape index (κ3) is 2.11. The predicted molar refractivity (Wildman–Crippen MR) is 50.6 cm³/mol. The zero-order valence-electron chi connectivity index (χ0n) is 8.74. The molecule has 1 rings (SSSR count). The van der Waals surface area contributed by atoms with Crippen molar-refractivity contribution < 1.29 is 30.7 Å². The quantitative estimate of drug-likeness (QED) is 0.662. The Hall–Kier alpha value is -1.47. The van der Waals surface area contributed by atoms with E-state index in [0.717, 1.165) is 12.1 Å². The highest BCUT2D eigenvalue weighted by atomic mass is 19.4. The lowest BCUT2D eigenvalue weighted by Gasteiger charge is -2.33. The average Bonchev–Trinajstić information content (AvgIpc) is 2.27. The number of nitrogens with two attached hydrogens (primary N) is 1. The molecule has 0 aliphatic carbocycles. The molecule has 2 N–H and O–H groups in total. The number of alkyl halides is 7. The van der Waals surface area contributed by atoms with Crippen molar-refractivity contribution in [2.75, 3.05) is 12.4 Å². The summed E-state index contributed by atoms with van der Waals surface area (Å²) in [7, 11) is 0. The molecule has 8 heteroatoms. The normalized spacial score (nSPS) is 16.4. The molecule has 0 saturated heterocycles. The zero-order chi connectivity index (χ0) is 14.2. The van der Waals surface area contributed by atoms with Crippen molar-refractivity contribution >= 4 is 5.69 Å². The summed E-state index contributed by atoms with van der Waals surface area (Å²) < 4.78 is 89.4. The van der Waals surface area contributed by atoms with Gasteiger partial charge in [-0.15, -0.1) is 0 Å². The van der Waals surface area contributed by atoms with E-state index in [2.05, 4.69) is 0 Å². The molecule has 1 nitrogen and oxygen atoms in total. The summed E-state index contributed by atoms with van der Waals surface area (Å²) in [6, 6.07) is 2.55. The molecule has 1 unspecified atom stereocenters. The van der Waals surface area contributed by atoms with Crippen LogP contribution in [0.2, 0.25) is 0 Å². The predicted octanol–water partition coefficient (Wildman–Crippen LogP) is 3.60. The fourth-order valence-corrected chi connectivity index (χ4v) is 1.39. The molecule has 0 aliphatic heterocycles. The molecular formula is C10H8F7N. The molecule has 0 radical (unpaired) electrons. The first-order valence-electron chi connectivity index (χ1n) is 4.61.